The maximum Gasteiger partial charge on any atom is 0.339 e. The quantitative estimate of drug-likeness (QED) is 0.747. The lowest BCUT2D eigenvalue weighted by molar-refractivity contribution is -0.153. The Morgan fingerprint density at radius 2 is 2.07 bits per heavy atom. The van der Waals surface area contributed by atoms with Crippen LogP contribution in [0.25, 0.3) is 0 Å². The lowest BCUT2D eigenvalue weighted by atomic mass is 10.1. The van der Waals surface area contributed by atoms with E-state index in [1.54, 1.807) is 6.92 Å². The van der Waals surface area contributed by atoms with E-state index in [0.29, 0.717) is 5.56 Å². The summed E-state index contributed by atoms with van der Waals surface area (Å²) in [5.74, 6) is -1.14. The molecule has 1 N–H and O–H groups in total. The van der Waals surface area contributed by atoms with Crippen molar-refractivity contribution < 1.29 is 19.0 Å². The Bertz CT molecular complexity index is 308. The van der Waals surface area contributed by atoms with Gasteiger partial charge in [0.2, 0.25) is 0 Å². The summed E-state index contributed by atoms with van der Waals surface area (Å²) >= 11 is 0. The molecule has 0 amide bonds. The van der Waals surface area contributed by atoms with Gasteiger partial charge in [0.25, 0.3) is 0 Å². The van der Waals surface area contributed by atoms with Gasteiger partial charge in [-0.3, -0.25) is 0 Å². The highest BCUT2D eigenvalue weighted by Crippen LogP contribution is 2.14. The second-order valence-electron chi connectivity index (χ2n) is 2.71. The van der Waals surface area contributed by atoms with Gasteiger partial charge in [0.1, 0.15) is 5.82 Å². The number of esters is 1. The lowest BCUT2D eigenvalue weighted by Gasteiger charge is -2.09. The van der Waals surface area contributed by atoms with Crippen LogP contribution in [-0.2, 0) is 9.53 Å². The Kier molecular flexibility index (Phi) is 3.59. The van der Waals surface area contributed by atoms with E-state index < -0.39 is 17.9 Å². The van der Waals surface area contributed by atoms with Crippen LogP contribution in [0.4, 0.5) is 4.39 Å². The van der Waals surface area contributed by atoms with Crippen molar-refractivity contribution in [3.63, 3.8) is 0 Å². The summed E-state index contributed by atoms with van der Waals surface area (Å²) in [6, 6.07) is 5.05. The highest BCUT2D eigenvalue weighted by Gasteiger charge is 2.17. The van der Waals surface area contributed by atoms with E-state index in [4.69, 9.17) is 0 Å². The first kappa shape index (κ1) is 10.7. The van der Waals surface area contributed by atoms with Crippen LogP contribution in [0.1, 0.15) is 18.6 Å². The van der Waals surface area contributed by atoms with Crippen LogP contribution in [0.3, 0.4) is 0 Å². The molecular weight excluding hydrogens is 187 g/mol. The third-order valence-corrected chi connectivity index (χ3v) is 1.70. The number of halogens is 1. The van der Waals surface area contributed by atoms with Crippen molar-refractivity contribution >= 4 is 5.97 Å². The molecule has 0 saturated carbocycles. The van der Waals surface area contributed by atoms with Crippen LogP contribution >= 0.6 is 0 Å². The molecule has 1 atom stereocenters. The summed E-state index contributed by atoms with van der Waals surface area (Å²) in [6.07, 6.45) is -1.34. The molecule has 1 aromatic carbocycles. The van der Waals surface area contributed by atoms with Gasteiger partial charge in [0, 0.05) is 0 Å². The third kappa shape index (κ3) is 2.53. The molecule has 1 aromatic rings. The minimum absolute atomic E-state index is 0.205. The molecule has 14 heavy (non-hydrogen) atoms. The van der Waals surface area contributed by atoms with Crippen molar-refractivity contribution in [2.24, 2.45) is 0 Å². The van der Waals surface area contributed by atoms with Gasteiger partial charge in [0.05, 0.1) is 6.61 Å². The fraction of sp³-hybridized carbons (Fsp3) is 0.300. The van der Waals surface area contributed by atoms with E-state index >= 15 is 0 Å². The number of benzene rings is 1. The van der Waals surface area contributed by atoms with Crippen LogP contribution < -0.4 is 0 Å². The van der Waals surface area contributed by atoms with Crippen LogP contribution in [0.5, 0.6) is 0 Å². The van der Waals surface area contributed by atoms with E-state index in [0.717, 1.165) is 0 Å². The summed E-state index contributed by atoms with van der Waals surface area (Å²) < 4.78 is 17.1. The van der Waals surface area contributed by atoms with Crippen LogP contribution in [0.2, 0.25) is 0 Å². The Morgan fingerprint density at radius 3 is 2.57 bits per heavy atom. The fourth-order valence-electron chi connectivity index (χ4n) is 1.00. The minimum Gasteiger partial charge on any atom is -0.464 e. The molecule has 76 valence electrons. The molecule has 1 rings (SSSR count). The van der Waals surface area contributed by atoms with Crippen LogP contribution in [-0.4, -0.2) is 17.7 Å². The second-order valence-corrected chi connectivity index (χ2v) is 2.71. The first-order valence-electron chi connectivity index (χ1n) is 4.25. The van der Waals surface area contributed by atoms with Gasteiger partial charge in [-0.15, -0.1) is 0 Å². The maximum absolute atomic E-state index is 12.5. The third-order valence-electron chi connectivity index (χ3n) is 1.70. The fourth-order valence-corrected chi connectivity index (χ4v) is 1.00. The zero-order chi connectivity index (χ0) is 10.6. The summed E-state index contributed by atoms with van der Waals surface area (Å²) in [6.45, 7) is 1.85. The second kappa shape index (κ2) is 4.72. The Morgan fingerprint density at radius 1 is 1.50 bits per heavy atom. The van der Waals surface area contributed by atoms with Crippen molar-refractivity contribution in [3.8, 4) is 0 Å². The number of carbonyl (C=O) groups is 1. The molecule has 0 aliphatic heterocycles. The van der Waals surface area contributed by atoms with Crippen molar-refractivity contribution in [1.82, 2.24) is 0 Å². The smallest absolute Gasteiger partial charge is 0.339 e. The number of hydrogen-bond acceptors (Lipinski definition) is 3. The van der Waals surface area contributed by atoms with Crippen molar-refractivity contribution in [3.05, 3.63) is 35.6 Å². The molecule has 0 bridgehead atoms. The molecule has 0 aromatic heterocycles. The molecule has 0 radical (unpaired) electrons. The largest absolute Gasteiger partial charge is 0.464 e. The number of aliphatic hydroxyl groups is 1. The number of carbonyl (C=O) groups excluding carboxylic acids is 1. The first-order valence-corrected chi connectivity index (χ1v) is 4.25. The van der Waals surface area contributed by atoms with Crippen molar-refractivity contribution in [2.45, 2.75) is 13.0 Å². The van der Waals surface area contributed by atoms with E-state index in [2.05, 4.69) is 4.74 Å². The van der Waals surface area contributed by atoms with Gasteiger partial charge in [0.15, 0.2) is 6.10 Å². The van der Waals surface area contributed by atoms with Crippen molar-refractivity contribution in [2.75, 3.05) is 6.61 Å². The molecule has 0 aliphatic rings. The standard InChI is InChI=1S/C10H11FO3/c1-2-14-10(13)9(12)7-3-5-8(11)6-4-7/h3-6,9,12H,2H2,1H3/t9-/m0/s1. The Labute approximate surface area is 81.1 Å². The number of rotatable bonds is 3. The average molecular weight is 198 g/mol. The topological polar surface area (TPSA) is 46.5 Å². The lowest BCUT2D eigenvalue weighted by Crippen LogP contribution is -2.15. The van der Waals surface area contributed by atoms with Gasteiger partial charge in [-0.25, -0.2) is 9.18 Å². The molecular formula is C10H11FO3. The molecule has 0 heterocycles. The molecule has 0 aliphatic carbocycles. The maximum atomic E-state index is 12.5. The van der Waals surface area contributed by atoms with Gasteiger partial charge in [-0.1, -0.05) is 12.1 Å². The molecule has 4 heteroatoms. The van der Waals surface area contributed by atoms with Crippen LogP contribution in [0.15, 0.2) is 24.3 Å². The summed E-state index contributed by atoms with van der Waals surface area (Å²) in [5.41, 5.74) is 0.324. The first-order chi connectivity index (χ1) is 6.65. The van der Waals surface area contributed by atoms with E-state index in [1.807, 2.05) is 0 Å². The van der Waals surface area contributed by atoms with Crippen LogP contribution in [0, 0.1) is 5.82 Å². The van der Waals surface area contributed by atoms with Gasteiger partial charge in [-0.2, -0.15) is 0 Å². The summed E-state index contributed by atoms with van der Waals surface area (Å²) in [4.78, 5) is 11.1. The monoisotopic (exact) mass is 198 g/mol. The SMILES string of the molecule is CCOC(=O)[C@@H](O)c1ccc(F)cc1. The molecule has 0 spiro atoms. The predicted molar refractivity (Wildman–Crippen MR) is 48.0 cm³/mol. The minimum atomic E-state index is -1.34. The predicted octanol–water partition coefficient (Wildman–Crippen LogP) is 1.42. The van der Waals surface area contributed by atoms with Gasteiger partial charge in [-0.05, 0) is 24.6 Å². The van der Waals surface area contributed by atoms with Crippen molar-refractivity contribution in [1.29, 1.82) is 0 Å². The zero-order valence-corrected chi connectivity index (χ0v) is 7.74. The highest BCUT2D eigenvalue weighted by molar-refractivity contribution is 5.76. The normalized spacial score (nSPS) is 12.2. The Balaban J connectivity index is 2.73. The summed E-state index contributed by atoms with van der Waals surface area (Å²) in [5, 5.41) is 9.41. The number of hydrogen-bond donors (Lipinski definition) is 1. The van der Waals surface area contributed by atoms with E-state index in [-0.39, 0.29) is 6.61 Å². The molecule has 0 fully saturated rings. The molecule has 0 unspecified atom stereocenters. The highest BCUT2D eigenvalue weighted by atomic mass is 19.1. The zero-order valence-electron chi connectivity index (χ0n) is 7.74. The average Bonchev–Trinajstić information content (AvgIpc) is 2.18. The Hall–Kier alpha value is -1.42. The number of ether oxygens (including phenoxy) is 1. The number of aliphatic hydroxyl groups excluding tert-OH is 1. The molecule has 3 nitrogen and oxygen atoms in total. The van der Waals surface area contributed by atoms with E-state index in [9.17, 15) is 14.3 Å². The van der Waals surface area contributed by atoms with Gasteiger partial charge >= 0.3 is 5.97 Å². The van der Waals surface area contributed by atoms with Gasteiger partial charge < -0.3 is 9.84 Å². The summed E-state index contributed by atoms with van der Waals surface area (Å²) in [7, 11) is 0. The van der Waals surface area contributed by atoms with E-state index in [1.165, 1.54) is 24.3 Å². The molecule has 0 saturated heterocycles.